The maximum absolute atomic E-state index is 12.0. The Morgan fingerprint density at radius 2 is 1.64 bits per heavy atom. The summed E-state index contributed by atoms with van der Waals surface area (Å²) >= 11 is 13.0. The Bertz CT molecular complexity index is 771. The fourth-order valence-electron chi connectivity index (χ4n) is 1.95. The number of anilines is 2. The van der Waals surface area contributed by atoms with E-state index in [0.717, 1.165) is 0 Å². The number of rotatable bonds is 7. The summed E-state index contributed by atoms with van der Waals surface area (Å²) in [4.78, 5) is 23.9. The number of methoxy groups -OCH3 is 1. The van der Waals surface area contributed by atoms with Crippen LogP contribution < -0.4 is 15.4 Å². The third-order valence-corrected chi connectivity index (χ3v) is 4.53. The van der Waals surface area contributed by atoms with Crippen molar-refractivity contribution in [1.29, 1.82) is 0 Å². The number of halogens is 2. The first-order chi connectivity index (χ1) is 12.0. The number of amides is 2. The molecule has 0 aliphatic heterocycles. The van der Waals surface area contributed by atoms with Crippen LogP contribution in [0.1, 0.15) is 0 Å². The predicted molar refractivity (Wildman–Crippen MR) is 104 cm³/mol. The van der Waals surface area contributed by atoms with E-state index < -0.39 is 0 Å². The summed E-state index contributed by atoms with van der Waals surface area (Å²) in [7, 11) is 1.53. The minimum atomic E-state index is -0.251. The van der Waals surface area contributed by atoms with Gasteiger partial charge in [-0.1, -0.05) is 35.3 Å². The van der Waals surface area contributed by atoms with Crippen LogP contribution in [0.4, 0.5) is 11.4 Å². The van der Waals surface area contributed by atoms with Crippen molar-refractivity contribution < 1.29 is 14.3 Å². The van der Waals surface area contributed by atoms with Gasteiger partial charge in [-0.15, -0.1) is 11.8 Å². The summed E-state index contributed by atoms with van der Waals surface area (Å²) < 4.78 is 5.17. The highest BCUT2D eigenvalue weighted by Gasteiger charge is 2.10. The van der Waals surface area contributed by atoms with Crippen molar-refractivity contribution in [2.24, 2.45) is 0 Å². The van der Waals surface area contributed by atoms with E-state index in [4.69, 9.17) is 27.9 Å². The molecule has 2 aromatic carbocycles. The summed E-state index contributed by atoms with van der Waals surface area (Å²) in [6.45, 7) is 0. The molecule has 132 valence electrons. The van der Waals surface area contributed by atoms with Gasteiger partial charge in [0.15, 0.2) is 0 Å². The molecular formula is C17H16Cl2N2O3S. The molecule has 8 heteroatoms. The maximum atomic E-state index is 12.0. The zero-order valence-electron chi connectivity index (χ0n) is 13.3. The molecule has 0 radical (unpaired) electrons. The van der Waals surface area contributed by atoms with Crippen molar-refractivity contribution in [3.63, 3.8) is 0 Å². The van der Waals surface area contributed by atoms with E-state index in [1.54, 1.807) is 36.4 Å². The number of hydrogen-bond donors (Lipinski definition) is 2. The molecule has 0 atom stereocenters. The van der Waals surface area contributed by atoms with Crippen molar-refractivity contribution in [3.05, 3.63) is 52.5 Å². The molecule has 2 rings (SSSR count). The lowest BCUT2D eigenvalue weighted by atomic mass is 10.3. The first-order valence-corrected chi connectivity index (χ1v) is 9.16. The number of benzene rings is 2. The number of nitrogens with one attached hydrogen (secondary N) is 2. The predicted octanol–water partition coefficient (Wildman–Crippen LogP) is 4.31. The summed E-state index contributed by atoms with van der Waals surface area (Å²) in [5, 5.41) is 6.28. The number of thioether (sulfide) groups is 1. The summed E-state index contributed by atoms with van der Waals surface area (Å²) in [5.41, 5.74) is 1.07. The molecule has 0 aliphatic rings. The van der Waals surface area contributed by atoms with Gasteiger partial charge in [0.1, 0.15) is 5.75 Å². The lowest BCUT2D eigenvalue weighted by molar-refractivity contribution is -0.114. The van der Waals surface area contributed by atoms with Crippen LogP contribution in [-0.2, 0) is 9.59 Å². The van der Waals surface area contributed by atoms with E-state index in [1.165, 1.54) is 18.9 Å². The number of carbonyl (C=O) groups excluding carboxylic acids is 2. The number of ether oxygens (including phenoxy) is 1. The normalized spacial score (nSPS) is 10.2. The molecule has 2 aromatic rings. The number of hydrogen-bond acceptors (Lipinski definition) is 4. The monoisotopic (exact) mass is 398 g/mol. The second-order valence-corrected chi connectivity index (χ2v) is 6.74. The average Bonchev–Trinajstić information content (AvgIpc) is 2.58. The van der Waals surface area contributed by atoms with Gasteiger partial charge >= 0.3 is 0 Å². The molecule has 0 bridgehead atoms. The molecule has 5 nitrogen and oxygen atoms in total. The number of carbonyl (C=O) groups is 2. The van der Waals surface area contributed by atoms with Crippen LogP contribution in [0.5, 0.6) is 5.75 Å². The lowest BCUT2D eigenvalue weighted by Gasteiger charge is -2.10. The van der Waals surface area contributed by atoms with E-state index in [2.05, 4.69) is 10.6 Å². The van der Waals surface area contributed by atoms with Gasteiger partial charge in [0.25, 0.3) is 0 Å². The van der Waals surface area contributed by atoms with Crippen molar-refractivity contribution in [2.45, 2.75) is 0 Å². The second-order valence-electron chi connectivity index (χ2n) is 4.91. The zero-order valence-corrected chi connectivity index (χ0v) is 15.7. The van der Waals surface area contributed by atoms with E-state index in [1.807, 2.05) is 6.07 Å². The number of para-hydroxylation sites is 2. The molecule has 0 fully saturated rings. The molecule has 0 aliphatic carbocycles. The minimum absolute atomic E-state index is 0.123. The van der Waals surface area contributed by atoms with Crippen LogP contribution in [0.2, 0.25) is 10.0 Å². The minimum Gasteiger partial charge on any atom is -0.495 e. The summed E-state index contributed by atoms with van der Waals surface area (Å²) in [5.74, 6) is 0.375. The molecule has 0 saturated carbocycles. The van der Waals surface area contributed by atoms with Gasteiger partial charge in [-0.3, -0.25) is 9.59 Å². The van der Waals surface area contributed by atoms with Crippen LogP contribution in [0.15, 0.2) is 42.5 Å². The van der Waals surface area contributed by atoms with Gasteiger partial charge < -0.3 is 15.4 Å². The van der Waals surface area contributed by atoms with Gasteiger partial charge in [0.05, 0.1) is 35.0 Å². The Labute approximate surface area is 160 Å². The maximum Gasteiger partial charge on any atom is 0.234 e. The highest BCUT2D eigenvalue weighted by molar-refractivity contribution is 8.00. The molecule has 2 amide bonds. The van der Waals surface area contributed by atoms with Crippen molar-refractivity contribution >= 4 is 58.2 Å². The van der Waals surface area contributed by atoms with Gasteiger partial charge in [0, 0.05) is 5.02 Å². The van der Waals surface area contributed by atoms with Gasteiger partial charge in [-0.05, 0) is 30.3 Å². The molecule has 0 spiro atoms. The van der Waals surface area contributed by atoms with Crippen molar-refractivity contribution in [2.75, 3.05) is 29.2 Å². The fraction of sp³-hybridized carbons (Fsp3) is 0.176. The highest BCUT2D eigenvalue weighted by atomic mass is 35.5. The molecular weight excluding hydrogens is 383 g/mol. The van der Waals surface area contributed by atoms with Crippen LogP contribution in [0.25, 0.3) is 0 Å². The third-order valence-electron chi connectivity index (χ3n) is 3.05. The first-order valence-electron chi connectivity index (χ1n) is 7.25. The largest absolute Gasteiger partial charge is 0.495 e. The Morgan fingerprint density at radius 3 is 2.28 bits per heavy atom. The van der Waals surface area contributed by atoms with Crippen molar-refractivity contribution in [3.8, 4) is 5.75 Å². The van der Waals surface area contributed by atoms with E-state index in [-0.39, 0.29) is 23.3 Å². The Kier molecular flexibility index (Phi) is 7.43. The summed E-state index contributed by atoms with van der Waals surface area (Å²) in [6, 6.07) is 11.9. The van der Waals surface area contributed by atoms with Crippen LogP contribution in [0.3, 0.4) is 0 Å². The fourth-order valence-corrected chi connectivity index (χ4v) is 3.02. The topological polar surface area (TPSA) is 67.4 Å². The van der Waals surface area contributed by atoms with E-state index in [9.17, 15) is 9.59 Å². The van der Waals surface area contributed by atoms with Crippen LogP contribution in [-0.4, -0.2) is 30.4 Å². The average molecular weight is 399 g/mol. The SMILES string of the molecule is COc1ccccc1NC(=O)CSCC(=O)Nc1ccc(Cl)cc1Cl. The van der Waals surface area contributed by atoms with Crippen LogP contribution in [0, 0.1) is 0 Å². The smallest absolute Gasteiger partial charge is 0.234 e. The molecule has 2 N–H and O–H groups in total. The van der Waals surface area contributed by atoms with Gasteiger partial charge in [-0.2, -0.15) is 0 Å². The standard InChI is InChI=1S/C17H16Cl2N2O3S/c1-24-15-5-3-2-4-14(15)21-17(23)10-25-9-16(22)20-13-7-6-11(18)8-12(13)19/h2-8H,9-10H2,1H3,(H,20,22)(H,21,23). The van der Waals surface area contributed by atoms with Crippen LogP contribution >= 0.6 is 35.0 Å². The van der Waals surface area contributed by atoms with E-state index in [0.29, 0.717) is 27.2 Å². The van der Waals surface area contributed by atoms with Crippen molar-refractivity contribution in [1.82, 2.24) is 0 Å². The Morgan fingerprint density at radius 1 is 1.00 bits per heavy atom. The highest BCUT2D eigenvalue weighted by Crippen LogP contribution is 2.25. The zero-order chi connectivity index (χ0) is 18.2. The molecule has 0 aromatic heterocycles. The van der Waals surface area contributed by atoms with Gasteiger partial charge in [-0.25, -0.2) is 0 Å². The lowest BCUT2D eigenvalue weighted by Crippen LogP contribution is -2.18. The molecule has 0 saturated heterocycles. The first kappa shape index (κ1) is 19.4. The van der Waals surface area contributed by atoms with E-state index >= 15 is 0 Å². The Balaban J connectivity index is 1.78. The van der Waals surface area contributed by atoms with Gasteiger partial charge in [0.2, 0.25) is 11.8 Å². The molecule has 25 heavy (non-hydrogen) atoms. The molecule has 0 heterocycles. The molecule has 0 unspecified atom stereocenters. The second kappa shape index (κ2) is 9.56. The Hall–Kier alpha value is -1.89. The summed E-state index contributed by atoms with van der Waals surface area (Å²) in [6.07, 6.45) is 0. The third kappa shape index (κ3) is 6.16. The quantitative estimate of drug-likeness (QED) is 0.728.